The molecule has 0 saturated carbocycles. The smallest absolute Gasteiger partial charge is 0.0717 e. The number of fused-ring (bicyclic) bond motifs is 10. The number of aryl methyl sites for hydroxylation is 1. The van der Waals surface area contributed by atoms with Crippen LogP contribution in [0.25, 0.3) is 27.1 Å². The zero-order valence-corrected chi connectivity index (χ0v) is 23.1. The van der Waals surface area contributed by atoms with Crippen molar-refractivity contribution in [1.82, 2.24) is 0 Å². The summed E-state index contributed by atoms with van der Waals surface area (Å²) in [5, 5.41) is 5.12. The largest absolute Gasteiger partial charge is 0.310 e. The normalized spacial score (nSPS) is 16.2. The third-order valence-corrected chi connectivity index (χ3v) is 9.52. The van der Waals surface area contributed by atoms with Gasteiger partial charge in [-0.25, -0.2) is 0 Å². The minimum atomic E-state index is -0.354. The van der Waals surface area contributed by atoms with Gasteiger partial charge in [0.05, 0.1) is 16.8 Å². The van der Waals surface area contributed by atoms with E-state index in [0.717, 1.165) is 12.8 Å². The molecule has 6 aromatic rings. The zero-order valence-electron chi connectivity index (χ0n) is 23.1. The van der Waals surface area contributed by atoms with Crippen molar-refractivity contribution in [3.63, 3.8) is 0 Å². The average Bonchev–Trinajstić information content (AvgIpc) is 3.30. The highest BCUT2D eigenvalue weighted by Crippen LogP contribution is 2.65. The molecule has 0 amide bonds. The Balaban J connectivity index is 1.52. The van der Waals surface area contributed by atoms with Gasteiger partial charge in [-0.15, -0.1) is 0 Å². The Morgan fingerprint density at radius 2 is 1.17 bits per heavy atom. The fourth-order valence-electron chi connectivity index (χ4n) is 7.85. The van der Waals surface area contributed by atoms with Gasteiger partial charge in [0, 0.05) is 5.69 Å². The van der Waals surface area contributed by atoms with E-state index in [-0.39, 0.29) is 5.41 Å². The molecule has 0 aromatic heterocycles. The summed E-state index contributed by atoms with van der Waals surface area (Å²) in [5.41, 5.74) is 13.2. The van der Waals surface area contributed by atoms with Crippen LogP contribution in [0.5, 0.6) is 0 Å². The first kappa shape index (κ1) is 22.9. The second-order valence-electron chi connectivity index (χ2n) is 11.7. The monoisotopic (exact) mass is 523 g/mol. The van der Waals surface area contributed by atoms with E-state index in [9.17, 15) is 0 Å². The molecule has 6 aromatic carbocycles. The van der Waals surface area contributed by atoms with E-state index in [1.165, 1.54) is 72.0 Å². The summed E-state index contributed by atoms with van der Waals surface area (Å²) in [5.74, 6) is 0. The van der Waals surface area contributed by atoms with Gasteiger partial charge in [0.2, 0.25) is 0 Å². The van der Waals surface area contributed by atoms with Gasteiger partial charge in [0.15, 0.2) is 0 Å². The Hall–Kier alpha value is -4.88. The minimum absolute atomic E-state index is 0.354. The highest BCUT2D eigenvalue weighted by atomic mass is 15.2. The number of nitrogens with zero attached hydrogens (tertiary/aromatic N) is 1. The lowest BCUT2D eigenvalue weighted by atomic mass is 9.62. The second-order valence-corrected chi connectivity index (χ2v) is 11.7. The van der Waals surface area contributed by atoms with Crippen molar-refractivity contribution >= 4 is 44.2 Å². The van der Waals surface area contributed by atoms with Crippen molar-refractivity contribution in [3.05, 3.63) is 167 Å². The maximum atomic E-state index is 2.51. The van der Waals surface area contributed by atoms with Gasteiger partial charge in [-0.05, 0) is 111 Å². The molecular formula is C40H29N. The van der Waals surface area contributed by atoms with Gasteiger partial charge >= 0.3 is 0 Å². The van der Waals surface area contributed by atoms with Gasteiger partial charge < -0.3 is 4.90 Å². The summed E-state index contributed by atoms with van der Waals surface area (Å²) in [6, 6.07) is 45.6. The molecule has 0 bridgehead atoms. The van der Waals surface area contributed by atoms with Crippen molar-refractivity contribution in [1.29, 1.82) is 0 Å². The fourth-order valence-corrected chi connectivity index (χ4v) is 7.85. The highest BCUT2D eigenvalue weighted by molar-refractivity contribution is 6.03. The topological polar surface area (TPSA) is 3.24 Å². The summed E-state index contributed by atoms with van der Waals surface area (Å²) in [4.78, 5) is 2.51. The van der Waals surface area contributed by atoms with Crippen LogP contribution in [-0.2, 0) is 5.41 Å². The molecule has 0 fully saturated rings. The molecule has 194 valence electrons. The predicted molar refractivity (Wildman–Crippen MR) is 172 cm³/mol. The average molecular weight is 524 g/mol. The van der Waals surface area contributed by atoms with Crippen LogP contribution in [0.3, 0.4) is 0 Å². The molecule has 1 spiro atoms. The Bertz CT molecular complexity index is 2020. The van der Waals surface area contributed by atoms with Crippen molar-refractivity contribution in [2.75, 3.05) is 4.90 Å². The van der Waals surface area contributed by atoms with Gasteiger partial charge in [-0.1, -0.05) is 103 Å². The van der Waals surface area contributed by atoms with E-state index in [1.54, 1.807) is 5.57 Å². The van der Waals surface area contributed by atoms with E-state index in [1.807, 2.05) is 0 Å². The van der Waals surface area contributed by atoms with E-state index in [4.69, 9.17) is 0 Å². The zero-order chi connectivity index (χ0) is 27.1. The van der Waals surface area contributed by atoms with Gasteiger partial charge in [0.1, 0.15) is 0 Å². The number of para-hydroxylation sites is 1. The number of rotatable bonds is 1. The van der Waals surface area contributed by atoms with Crippen LogP contribution in [0, 0.1) is 6.92 Å². The third-order valence-electron chi connectivity index (χ3n) is 9.52. The van der Waals surface area contributed by atoms with Crippen molar-refractivity contribution in [3.8, 4) is 0 Å². The molecule has 1 aliphatic heterocycles. The summed E-state index contributed by atoms with van der Waals surface area (Å²) in [6.45, 7) is 2.22. The van der Waals surface area contributed by atoms with Crippen LogP contribution in [0.2, 0.25) is 0 Å². The molecule has 0 saturated heterocycles. The maximum Gasteiger partial charge on any atom is 0.0717 e. The molecule has 9 rings (SSSR count). The lowest BCUT2D eigenvalue weighted by Crippen LogP contribution is -2.37. The molecule has 0 radical (unpaired) electrons. The number of hydrogen-bond donors (Lipinski definition) is 0. The number of hydrogen-bond acceptors (Lipinski definition) is 1. The van der Waals surface area contributed by atoms with Gasteiger partial charge in [-0.2, -0.15) is 0 Å². The molecule has 1 nitrogen and oxygen atoms in total. The van der Waals surface area contributed by atoms with E-state index < -0.39 is 0 Å². The summed E-state index contributed by atoms with van der Waals surface area (Å²) < 4.78 is 0. The standard InChI is InChI=1S/C40H29N/c1-26-19-20-35-33(21-26)32-17-9-10-18-34(32)40(35)36-22-27-11-5-7-13-29(27)24-38(36)41(31-15-3-2-4-16-31)39-25-30-14-8-6-12-28(30)23-37(39)40/h2-9,11-17,19-25H,10,18H2,1H3. The number of benzene rings is 6. The summed E-state index contributed by atoms with van der Waals surface area (Å²) >= 11 is 0. The number of allylic oxidation sites excluding steroid dienone is 4. The van der Waals surface area contributed by atoms with Crippen LogP contribution in [-0.4, -0.2) is 0 Å². The first-order chi connectivity index (χ1) is 20.2. The highest BCUT2D eigenvalue weighted by Gasteiger charge is 2.53. The molecular weight excluding hydrogens is 494 g/mol. The molecule has 0 N–H and O–H groups in total. The van der Waals surface area contributed by atoms with Crippen LogP contribution in [0.4, 0.5) is 17.1 Å². The molecule has 41 heavy (non-hydrogen) atoms. The predicted octanol–water partition coefficient (Wildman–Crippen LogP) is 10.5. The lowest BCUT2D eigenvalue weighted by molar-refractivity contribution is 0.689. The van der Waals surface area contributed by atoms with Crippen molar-refractivity contribution in [2.45, 2.75) is 25.2 Å². The molecule has 3 aliphatic rings. The van der Waals surface area contributed by atoms with Gasteiger partial charge in [-0.3, -0.25) is 0 Å². The first-order valence-corrected chi connectivity index (χ1v) is 14.7. The van der Waals surface area contributed by atoms with E-state index in [2.05, 4.69) is 145 Å². The summed E-state index contributed by atoms with van der Waals surface area (Å²) in [6.07, 6.45) is 6.90. The van der Waals surface area contributed by atoms with E-state index in [0.29, 0.717) is 0 Å². The molecule has 2 aliphatic carbocycles. The molecule has 0 unspecified atom stereocenters. The van der Waals surface area contributed by atoms with Gasteiger partial charge in [0.25, 0.3) is 0 Å². The Labute approximate surface area is 240 Å². The first-order valence-electron chi connectivity index (χ1n) is 14.7. The van der Waals surface area contributed by atoms with Crippen LogP contribution in [0.1, 0.15) is 40.7 Å². The maximum absolute atomic E-state index is 2.51. The molecule has 1 heteroatoms. The lowest BCUT2D eigenvalue weighted by Gasteiger charge is -2.46. The fraction of sp³-hybridized carbons (Fsp3) is 0.100. The SMILES string of the molecule is Cc1ccc2c(c1)C1=C(CCC=C1)C21c2cc3ccccc3cc2N(c2ccccc2)c2cc3ccccc3cc21. The third kappa shape index (κ3) is 3.01. The molecule has 0 atom stereocenters. The second kappa shape index (κ2) is 8.32. The Morgan fingerprint density at radius 3 is 1.80 bits per heavy atom. The van der Waals surface area contributed by atoms with Crippen molar-refractivity contribution < 1.29 is 0 Å². The van der Waals surface area contributed by atoms with Crippen LogP contribution < -0.4 is 4.90 Å². The van der Waals surface area contributed by atoms with E-state index >= 15 is 0 Å². The Morgan fingerprint density at radius 1 is 0.585 bits per heavy atom. The quantitative estimate of drug-likeness (QED) is 0.207. The van der Waals surface area contributed by atoms with Crippen LogP contribution >= 0.6 is 0 Å². The molecule has 1 heterocycles. The van der Waals surface area contributed by atoms with Crippen molar-refractivity contribution in [2.24, 2.45) is 0 Å². The summed E-state index contributed by atoms with van der Waals surface area (Å²) in [7, 11) is 0. The Kier molecular flexibility index (Phi) is 4.64. The number of anilines is 3. The van der Waals surface area contributed by atoms with Crippen LogP contribution in [0.15, 0.2) is 139 Å². The minimum Gasteiger partial charge on any atom is -0.310 e.